The maximum Gasteiger partial charge on any atom is 0.146 e. The van der Waals surface area contributed by atoms with E-state index in [0.29, 0.717) is 0 Å². The maximum absolute atomic E-state index is 4.67. The van der Waals surface area contributed by atoms with Gasteiger partial charge in [0.1, 0.15) is 16.5 Å². The fourth-order valence-electron chi connectivity index (χ4n) is 3.23. The van der Waals surface area contributed by atoms with Gasteiger partial charge in [0.2, 0.25) is 0 Å². The number of hydrogen-bond acceptors (Lipinski definition) is 5. The molecule has 3 aromatic rings. The minimum atomic E-state index is 0.846. The van der Waals surface area contributed by atoms with E-state index in [-0.39, 0.29) is 0 Å². The molecule has 1 fully saturated rings. The van der Waals surface area contributed by atoms with E-state index in [1.807, 2.05) is 13.1 Å². The molecule has 4 nitrogen and oxygen atoms in total. The Morgan fingerprint density at radius 3 is 2.71 bits per heavy atom. The van der Waals surface area contributed by atoms with Crippen LogP contribution in [0.2, 0.25) is 0 Å². The van der Waals surface area contributed by atoms with Gasteiger partial charge in [0, 0.05) is 30.1 Å². The molecule has 0 saturated carbocycles. The normalized spacial score (nSPS) is 16.0. The molecule has 108 valence electrons. The second-order valence-corrected chi connectivity index (χ2v) is 6.70. The molecule has 3 aromatic heterocycles. The van der Waals surface area contributed by atoms with Crippen LogP contribution in [0.15, 0.2) is 12.3 Å². The van der Waals surface area contributed by atoms with E-state index in [9.17, 15) is 0 Å². The van der Waals surface area contributed by atoms with Gasteiger partial charge >= 0.3 is 0 Å². The summed E-state index contributed by atoms with van der Waals surface area (Å²) in [7, 11) is 0. The number of nitrogens with zero attached hydrogens (tertiary/aromatic N) is 4. The fraction of sp³-hybridized carbons (Fsp3) is 0.438. The lowest BCUT2D eigenvalue weighted by Crippen LogP contribution is -2.30. The number of aromatic nitrogens is 3. The van der Waals surface area contributed by atoms with Crippen LogP contribution in [0.4, 0.5) is 5.82 Å². The predicted molar refractivity (Wildman–Crippen MR) is 88.3 cm³/mol. The van der Waals surface area contributed by atoms with Gasteiger partial charge in [0.05, 0.1) is 10.4 Å². The minimum Gasteiger partial charge on any atom is -0.355 e. The Bertz CT molecular complexity index is 818. The number of rotatable bonds is 1. The summed E-state index contributed by atoms with van der Waals surface area (Å²) in [4.78, 5) is 17.3. The van der Waals surface area contributed by atoms with E-state index in [4.69, 9.17) is 0 Å². The standard InChI is InChI=1S/C16H18N4S/c1-10-13-12-6-7-17-15(20-8-4-3-5-9-20)14(12)21-16(13)19-11(2)18-10/h6-7H,3-5,8-9H2,1-2H3. The second-order valence-electron chi connectivity index (χ2n) is 5.70. The Kier molecular flexibility index (Phi) is 3.03. The number of anilines is 1. The molecule has 0 radical (unpaired) electrons. The van der Waals surface area contributed by atoms with Gasteiger partial charge in [-0.15, -0.1) is 11.3 Å². The second kappa shape index (κ2) is 4.91. The Labute approximate surface area is 127 Å². The van der Waals surface area contributed by atoms with Gasteiger partial charge in [0.25, 0.3) is 0 Å². The number of piperidine rings is 1. The maximum atomic E-state index is 4.67. The molecule has 0 spiro atoms. The van der Waals surface area contributed by atoms with Crippen molar-refractivity contribution in [3.8, 4) is 0 Å². The first-order valence-electron chi connectivity index (χ1n) is 7.51. The van der Waals surface area contributed by atoms with Crippen molar-refractivity contribution in [3.63, 3.8) is 0 Å². The van der Waals surface area contributed by atoms with Crippen LogP contribution in [0.25, 0.3) is 20.3 Å². The van der Waals surface area contributed by atoms with Crippen molar-refractivity contribution in [2.45, 2.75) is 33.1 Å². The van der Waals surface area contributed by atoms with Crippen molar-refractivity contribution in [2.75, 3.05) is 18.0 Å². The van der Waals surface area contributed by atoms with Crippen molar-refractivity contribution >= 4 is 37.5 Å². The number of thiophene rings is 1. The van der Waals surface area contributed by atoms with Gasteiger partial charge in [-0.05, 0) is 39.2 Å². The predicted octanol–water partition coefficient (Wildman–Crippen LogP) is 3.85. The SMILES string of the molecule is Cc1nc(C)c2c(n1)sc1c(N3CCCCC3)nccc12. The highest BCUT2D eigenvalue weighted by molar-refractivity contribution is 7.26. The molecule has 4 rings (SSSR count). The minimum absolute atomic E-state index is 0.846. The molecule has 1 aliphatic rings. The van der Waals surface area contributed by atoms with Crippen LogP contribution in [-0.4, -0.2) is 28.0 Å². The molecule has 21 heavy (non-hydrogen) atoms. The summed E-state index contributed by atoms with van der Waals surface area (Å²) in [6.07, 6.45) is 5.79. The number of hydrogen-bond donors (Lipinski definition) is 0. The summed E-state index contributed by atoms with van der Waals surface area (Å²) in [5.41, 5.74) is 1.07. The molecule has 0 amide bonds. The molecule has 4 heterocycles. The summed E-state index contributed by atoms with van der Waals surface area (Å²) in [5.74, 6) is 1.98. The molecule has 0 unspecified atom stereocenters. The smallest absolute Gasteiger partial charge is 0.146 e. The molecule has 1 aliphatic heterocycles. The van der Waals surface area contributed by atoms with Gasteiger partial charge in [-0.25, -0.2) is 15.0 Å². The molecular formula is C16H18N4S. The lowest BCUT2D eigenvalue weighted by molar-refractivity contribution is 0.575. The zero-order valence-corrected chi connectivity index (χ0v) is 13.2. The zero-order chi connectivity index (χ0) is 14.4. The van der Waals surface area contributed by atoms with E-state index in [0.717, 1.165) is 35.3 Å². The van der Waals surface area contributed by atoms with Crippen molar-refractivity contribution < 1.29 is 0 Å². The van der Waals surface area contributed by atoms with Crippen LogP contribution in [-0.2, 0) is 0 Å². The van der Waals surface area contributed by atoms with E-state index < -0.39 is 0 Å². The molecule has 1 saturated heterocycles. The monoisotopic (exact) mass is 298 g/mol. The first kappa shape index (κ1) is 13.0. The third kappa shape index (κ3) is 2.07. The molecule has 0 atom stereocenters. The van der Waals surface area contributed by atoms with E-state index in [1.54, 1.807) is 11.3 Å². The van der Waals surface area contributed by atoms with Crippen molar-refractivity contribution in [3.05, 3.63) is 23.8 Å². The molecule has 5 heteroatoms. The third-order valence-electron chi connectivity index (χ3n) is 4.18. The van der Waals surface area contributed by atoms with Gasteiger partial charge in [0.15, 0.2) is 0 Å². The molecule has 0 aromatic carbocycles. The van der Waals surface area contributed by atoms with Gasteiger partial charge < -0.3 is 4.90 Å². The highest BCUT2D eigenvalue weighted by atomic mass is 32.1. The average Bonchev–Trinajstić information content (AvgIpc) is 2.86. The first-order valence-corrected chi connectivity index (χ1v) is 8.33. The number of aryl methyl sites for hydroxylation is 2. The topological polar surface area (TPSA) is 41.9 Å². The summed E-state index contributed by atoms with van der Waals surface area (Å²) >= 11 is 1.75. The van der Waals surface area contributed by atoms with Gasteiger partial charge in [-0.3, -0.25) is 0 Å². The Balaban J connectivity index is 1.99. The number of pyridine rings is 1. The van der Waals surface area contributed by atoms with E-state index in [1.165, 1.54) is 34.7 Å². The van der Waals surface area contributed by atoms with Crippen LogP contribution in [0.1, 0.15) is 30.8 Å². The molecule has 0 bridgehead atoms. The molecule has 0 N–H and O–H groups in total. The van der Waals surface area contributed by atoms with Crippen molar-refractivity contribution in [1.29, 1.82) is 0 Å². The third-order valence-corrected chi connectivity index (χ3v) is 5.27. The van der Waals surface area contributed by atoms with Crippen LogP contribution in [0, 0.1) is 13.8 Å². The van der Waals surface area contributed by atoms with Crippen LogP contribution in [0.3, 0.4) is 0 Å². The summed E-state index contributed by atoms with van der Waals surface area (Å²) < 4.78 is 1.26. The Morgan fingerprint density at radius 2 is 1.90 bits per heavy atom. The largest absolute Gasteiger partial charge is 0.355 e. The van der Waals surface area contributed by atoms with Crippen molar-refractivity contribution in [1.82, 2.24) is 15.0 Å². The molecule has 0 aliphatic carbocycles. The Morgan fingerprint density at radius 1 is 1.10 bits per heavy atom. The lowest BCUT2D eigenvalue weighted by atomic mass is 10.1. The first-order chi connectivity index (χ1) is 10.2. The van der Waals surface area contributed by atoms with Crippen molar-refractivity contribution in [2.24, 2.45) is 0 Å². The fourth-order valence-corrected chi connectivity index (χ4v) is 4.51. The average molecular weight is 298 g/mol. The number of fused-ring (bicyclic) bond motifs is 3. The van der Waals surface area contributed by atoms with Crippen LogP contribution in [0.5, 0.6) is 0 Å². The highest BCUT2D eigenvalue weighted by Crippen LogP contribution is 2.39. The summed E-state index contributed by atoms with van der Waals surface area (Å²) in [5, 5.41) is 2.45. The highest BCUT2D eigenvalue weighted by Gasteiger charge is 2.19. The van der Waals surface area contributed by atoms with E-state index in [2.05, 4.69) is 32.8 Å². The quantitative estimate of drug-likeness (QED) is 0.684. The van der Waals surface area contributed by atoms with Crippen LogP contribution < -0.4 is 4.90 Å². The Hall–Kier alpha value is -1.75. The van der Waals surface area contributed by atoms with Crippen LogP contribution >= 0.6 is 11.3 Å². The lowest BCUT2D eigenvalue weighted by Gasteiger charge is -2.27. The van der Waals surface area contributed by atoms with E-state index >= 15 is 0 Å². The summed E-state index contributed by atoms with van der Waals surface area (Å²) in [6.45, 7) is 6.26. The summed E-state index contributed by atoms with van der Waals surface area (Å²) in [6, 6.07) is 2.10. The zero-order valence-electron chi connectivity index (χ0n) is 12.4. The van der Waals surface area contributed by atoms with Gasteiger partial charge in [-0.1, -0.05) is 0 Å². The molecular weight excluding hydrogens is 280 g/mol. The van der Waals surface area contributed by atoms with Gasteiger partial charge in [-0.2, -0.15) is 0 Å².